The lowest BCUT2D eigenvalue weighted by Gasteiger charge is -2.28. The molecular weight excluding hydrogens is 316 g/mol. The van der Waals surface area contributed by atoms with E-state index in [0.717, 1.165) is 0 Å². The van der Waals surface area contributed by atoms with Crippen molar-refractivity contribution in [3.8, 4) is 0 Å². The number of hydrogen-bond donors (Lipinski definition) is 1. The van der Waals surface area contributed by atoms with Crippen LogP contribution in [0.4, 0.5) is 10.1 Å². The third kappa shape index (κ3) is 4.41. The summed E-state index contributed by atoms with van der Waals surface area (Å²) in [4.78, 5) is 0. The van der Waals surface area contributed by atoms with E-state index in [0.29, 0.717) is 5.69 Å². The van der Waals surface area contributed by atoms with Crippen LogP contribution in [-0.2, 0) is 13.6 Å². The number of nitrogens with one attached hydrogen (secondary N) is 1. The molecule has 4 nitrogen and oxygen atoms in total. The van der Waals surface area contributed by atoms with Crippen LogP contribution in [0.5, 0.6) is 0 Å². The summed E-state index contributed by atoms with van der Waals surface area (Å²) in [6.07, 6.45) is 0. The van der Waals surface area contributed by atoms with Gasteiger partial charge in [-0.15, -0.1) is 0 Å². The average Bonchev–Trinajstić information content (AvgIpc) is 2.55. The van der Waals surface area contributed by atoms with E-state index >= 15 is 0 Å². The molecule has 23 heavy (non-hydrogen) atoms. The fourth-order valence-corrected chi connectivity index (χ4v) is 4.21. The minimum absolute atomic E-state index is 0.207. The number of rotatable bonds is 8. The normalized spacial score (nSPS) is 12.8. The molecule has 2 aromatic rings. The number of hydrogen-bond acceptors (Lipinski definition) is 4. The van der Waals surface area contributed by atoms with Gasteiger partial charge in [0.15, 0.2) is 5.78 Å². The molecule has 0 aliphatic carbocycles. The Morgan fingerprint density at radius 1 is 1.00 bits per heavy atom. The minimum atomic E-state index is -3.59. The summed E-state index contributed by atoms with van der Waals surface area (Å²) in [7, 11) is -3.59. The molecule has 0 amide bonds. The second-order valence-corrected chi connectivity index (χ2v) is 6.92. The van der Waals surface area contributed by atoms with Gasteiger partial charge in [0.1, 0.15) is 5.82 Å². The highest BCUT2D eigenvalue weighted by Gasteiger charge is 2.38. The van der Waals surface area contributed by atoms with Crippen molar-refractivity contribution >= 4 is 13.3 Å². The fraction of sp³-hybridized carbons (Fsp3) is 0.294. The Morgan fingerprint density at radius 3 is 2.13 bits per heavy atom. The van der Waals surface area contributed by atoms with Gasteiger partial charge in [-0.05, 0) is 32.0 Å². The van der Waals surface area contributed by atoms with E-state index in [1.165, 1.54) is 6.07 Å². The van der Waals surface area contributed by atoms with E-state index < -0.39 is 19.2 Å². The number of halogens is 1. The van der Waals surface area contributed by atoms with Crippen molar-refractivity contribution in [2.45, 2.75) is 19.6 Å². The second-order valence-electron chi connectivity index (χ2n) is 4.81. The van der Waals surface area contributed by atoms with Crippen LogP contribution < -0.4 is 5.32 Å². The van der Waals surface area contributed by atoms with E-state index in [1.807, 2.05) is 30.3 Å². The maximum absolute atomic E-state index is 14.3. The Kier molecular flexibility index (Phi) is 6.34. The molecule has 0 aliphatic heterocycles. The topological polar surface area (TPSA) is 47.6 Å². The van der Waals surface area contributed by atoms with Crippen molar-refractivity contribution in [2.24, 2.45) is 0 Å². The van der Waals surface area contributed by atoms with Crippen LogP contribution in [0.2, 0.25) is 0 Å². The summed E-state index contributed by atoms with van der Waals surface area (Å²) in [5.74, 6) is -1.38. The average molecular weight is 337 g/mol. The number of benzene rings is 2. The molecule has 0 fully saturated rings. The smallest absolute Gasteiger partial charge is 0.357 e. The molecule has 0 heterocycles. The van der Waals surface area contributed by atoms with Crippen LogP contribution in [0.1, 0.15) is 25.2 Å². The molecule has 1 atom stereocenters. The van der Waals surface area contributed by atoms with E-state index in [4.69, 9.17) is 9.05 Å². The molecule has 2 rings (SSSR count). The first-order chi connectivity index (χ1) is 11.1. The van der Waals surface area contributed by atoms with Crippen LogP contribution in [0.25, 0.3) is 0 Å². The van der Waals surface area contributed by atoms with Crippen LogP contribution in [0.15, 0.2) is 54.6 Å². The summed E-state index contributed by atoms with van der Waals surface area (Å²) in [6, 6.07) is 15.4. The van der Waals surface area contributed by atoms with Gasteiger partial charge < -0.3 is 14.4 Å². The van der Waals surface area contributed by atoms with E-state index in [1.54, 1.807) is 32.0 Å². The Hall–Kier alpha value is -1.68. The van der Waals surface area contributed by atoms with Gasteiger partial charge in [0.2, 0.25) is 0 Å². The molecule has 0 saturated heterocycles. The van der Waals surface area contributed by atoms with E-state index in [9.17, 15) is 8.96 Å². The van der Waals surface area contributed by atoms with Crippen molar-refractivity contribution in [1.82, 2.24) is 0 Å². The van der Waals surface area contributed by atoms with E-state index in [2.05, 4.69) is 5.32 Å². The standard InChI is InChI=1S/C17H21FNO3P/c1-3-21-23(20,22-4-2)17(15-12-8-9-13-16(15)18)19-14-10-6-5-7-11-14/h5-13,17,19H,3-4H2,1-2H3. The molecule has 2 aromatic carbocycles. The lowest BCUT2D eigenvalue weighted by atomic mass is 10.2. The first kappa shape index (κ1) is 17.7. The van der Waals surface area contributed by atoms with Crippen molar-refractivity contribution in [2.75, 3.05) is 18.5 Å². The van der Waals surface area contributed by atoms with Gasteiger partial charge in [-0.25, -0.2) is 4.39 Å². The van der Waals surface area contributed by atoms with Gasteiger partial charge in [0.05, 0.1) is 13.2 Å². The molecule has 0 radical (unpaired) electrons. The number of anilines is 1. The fourth-order valence-electron chi connectivity index (χ4n) is 2.26. The number of para-hydroxylation sites is 1. The first-order valence-corrected chi connectivity index (χ1v) is 9.16. The zero-order valence-electron chi connectivity index (χ0n) is 13.2. The van der Waals surface area contributed by atoms with Crippen LogP contribution in [-0.4, -0.2) is 13.2 Å². The largest absolute Gasteiger partial charge is 0.368 e. The zero-order chi connectivity index (χ0) is 16.7. The van der Waals surface area contributed by atoms with Gasteiger partial charge in [0, 0.05) is 11.3 Å². The van der Waals surface area contributed by atoms with Crippen molar-refractivity contribution in [3.63, 3.8) is 0 Å². The molecule has 0 aliphatic rings. The molecule has 0 aromatic heterocycles. The quantitative estimate of drug-likeness (QED) is 0.672. The third-order valence-corrected chi connectivity index (χ3v) is 5.49. The highest BCUT2D eigenvalue weighted by molar-refractivity contribution is 7.54. The first-order valence-electron chi connectivity index (χ1n) is 7.55. The van der Waals surface area contributed by atoms with Gasteiger partial charge >= 0.3 is 7.60 Å². The lowest BCUT2D eigenvalue weighted by molar-refractivity contribution is 0.213. The van der Waals surface area contributed by atoms with Crippen molar-refractivity contribution in [3.05, 3.63) is 66.0 Å². The molecule has 1 unspecified atom stereocenters. The van der Waals surface area contributed by atoms with Crippen molar-refractivity contribution in [1.29, 1.82) is 0 Å². The Labute approximate surface area is 136 Å². The van der Waals surface area contributed by atoms with Gasteiger partial charge in [0.25, 0.3) is 0 Å². The molecular formula is C17H21FNO3P. The molecule has 6 heteroatoms. The molecule has 0 spiro atoms. The highest BCUT2D eigenvalue weighted by atomic mass is 31.2. The zero-order valence-corrected chi connectivity index (χ0v) is 14.1. The predicted molar refractivity (Wildman–Crippen MR) is 90.1 cm³/mol. The molecule has 0 bridgehead atoms. The monoisotopic (exact) mass is 337 g/mol. The summed E-state index contributed by atoms with van der Waals surface area (Å²) in [5, 5.41) is 3.09. The summed E-state index contributed by atoms with van der Waals surface area (Å²) >= 11 is 0. The summed E-state index contributed by atoms with van der Waals surface area (Å²) < 4.78 is 38.3. The maximum Gasteiger partial charge on any atom is 0.357 e. The van der Waals surface area contributed by atoms with Crippen LogP contribution in [0.3, 0.4) is 0 Å². The van der Waals surface area contributed by atoms with Gasteiger partial charge in [-0.1, -0.05) is 36.4 Å². The Bertz CT molecular complexity index is 656. The van der Waals surface area contributed by atoms with Crippen LogP contribution in [0, 0.1) is 5.82 Å². The van der Waals surface area contributed by atoms with Gasteiger partial charge in [-0.2, -0.15) is 0 Å². The minimum Gasteiger partial charge on any atom is -0.368 e. The van der Waals surface area contributed by atoms with E-state index in [-0.39, 0.29) is 18.8 Å². The molecule has 0 saturated carbocycles. The summed E-state index contributed by atoms with van der Waals surface area (Å²) in [5.41, 5.74) is 0.960. The van der Waals surface area contributed by atoms with Crippen molar-refractivity contribution < 1.29 is 18.0 Å². The highest BCUT2D eigenvalue weighted by Crippen LogP contribution is 2.61. The van der Waals surface area contributed by atoms with Gasteiger partial charge in [-0.3, -0.25) is 4.57 Å². The predicted octanol–water partition coefficient (Wildman–Crippen LogP) is 5.20. The SMILES string of the molecule is CCOP(=O)(OCC)C(Nc1ccccc1)c1ccccc1F. The second kappa shape index (κ2) is 8.25. The Balaban J connectivity index is 2.46. The van der Waals surface area contributed by atoms with Crippen LogP contribution >= 0.6 is 7.60 Å². The third-order valence-electron chi connectivity index (χ3n) is 3.21. The molecule has 124 valence electrons. The Morgan fingerprint density at radius 2 is 1.57 bits per heavy atom. The molecule has 1 N–H and O–H groups in total. The maximum atomic E-state index is 14.3. The lowest BCUT2D eigenvalue weighted by Crippen LogP contribution is -2.16. The summed E-state index contributed by atoms with van der Waals surface area (Å²) in [6.45, 7) is 3.87.